The second kappa shape index (κ2) is 8.40. The van der Waals surface area contributed by atoms with Crippen LogP contribution in [-0.2, 0) is 6.54 Å². The summed E-state index contributed by atoms with van der Waals surface area (Å²) in [4.78, 5) is 4.38. The summed E-state index contributed by atoms with van der Waals surface area (Å²) in [6, 6.07) is 15.2. The molecule has 0 amide bonds. The average Bonchev–Trinajstić information content (AvgIpc) is 3.15. The van der Waals surface area contributed by atoms with Crippen molar-refractivity contribution in [2.45, 2.75) is 12.6 Å². The maximum absolute atomic E-state index is 10.3. The molecule has 26 heavy (non-hydrogen) atoms. The number of aliphatic hydroxyl groups is 1. The average molecular weight is 354 g/mol. The minimum absolute atomic E-state index is 0.148. The molecule has 6 heteroatoms. The Morgan fingerprint density at radius 3 is 2.31 bits per heavy atom. The molecule has 0 fully saturated rings. The summed E-state index contributed by atoms with van der Waals surface area (Å²) in [5, 5.41) is 10.3. The van der Waals surface area contributed by atoms with Gasteiger partial charge in [-0.25, -0.2) is 4.98 Å². The molecule has 1 N–H and O–H groups in total. The number of imidazole rings is 1. The van der Waals surface area contributed by atoms with Gasteiger partial charge in [-0.3, -0.25) is 0 Å². The summed E-state index contributed by atoms with van der Waals surface area (Å²) in [6.07, 6.45) is 2.94. The van der Waals surface area contributed by atoms with Gasteiger partial charge in [0.2, 0.25) is 0 Å². The monoisotopic (exact) mass is 354 g/mol. The fraction of sp³-hybridized carbons (Fsp3) is 0.250. The van der Waals surface area contributed by atoms with Crippen LogP contribution in [0.2, 0.25) is 0 Å². The lowest BCUT2D eigenvalue weighted by molar-refractivity contribution is 0.0922. The van der Waals surface area contributed by atoms with Crippen molar-refractivity contribution in [3.63, 3.8) is 0 Å². The summed E-state index contributed by atoms with van der Waals surface area (Å²) >= 11 is 0. The zero-order valence-electron chi connectivity index (χ0n) is 14.8. The Bertz CT molecular complexity index is 811. The van der Waals surface area contributed by atoms with Crippen LogP contribution in [-0.4, -0.2) is 41.6 Å². The summed E-state index contributed by atoms with van der Waals surface area (Å²) in [5.41, 5.74) is 1.91. The van der Waals surface area contributed by atoms with Crippen LogP contribution in [0.5, 0.6) is 17.2 Å². The highest BCUT2D eigenvalue weighted by molar-refractivity contribution is 5.57. The molecule has 0 radical (unpaired) electrons. The Morgan fingerprint density at radius 2 is 1.65 bits per heavy atom. The van der Waals surface area contributed by atoms with Crippen LogP contribution in [0.1, 0.15) is 0 Å². The van der Waals surface area contributed by atoms with Crippen molar-refractivity contribution in [2.75, 3.05) is 20.8 Å². The van der Waals surface area contributed by atoms with E-state index in [2.05, 4.69) is 4.98 Å². The van der Waals surface area contributed by atoms with Gasteiger partial charge in [-0.2, -0.15) is 0 Å². The molecule has 0 aliphatic carbocycles. The molecule has 0 unspecified atom stereocenters. The quantitative estimate of drug-likeness (QED) is 0.674. The number of hydrogen-bond donors (Lipinski definition) is 1. The summed E-state index contributed by atoms with van der Waals surface area (Å²) in [5.74, 6) is 1.85. The van der Waals surface area contributed by atoms with Gasteiger partial charge < -0.3 is 23.9 Å². The van der Waals surface area contributed by atoms with Crippen molar-refractivity contribution in [3.05, 3.63) is 61.1 Å². The molecule has 2 aromatic carbocycles. The Hall–Kier alpha value is -2.99. The molecule has 0 saturated carbocycles. The number of ether oxygens (including phenoxy) is 3. The molecule has 0 aliphatic heterocycles. The number of benzene rings is 2. The van der Waals surface area contributed by atoms with Crippen molar-refractivity contribution in [3.8, 4) is 28.5 Å². The number of aliphatic hydroxyl groups excluding tert-OH is 1. The van der Waals surface area contributed by atoms with Crippen molar-refractivity contribution in [1.82, 2.24) is 9.55 Å². The number of rotatable bonds is 8. The lowest BCUT2D eigenvalue weighted by atomic mass is 10.2. The third-order valence-corrected chi connectivity index (χ3v) is 3.89. The molecule has 3 rings (SSSR count). The van der Waals surface area contributed by atoms with Crippen LogP contribution >= 0.6 is 0 Å². The Labute approximate surface area is 152 Å². The number of methoxy groups -OCH3 is 2. The van der Waals surface area contributed by atoms with E-state index in [0.717, 1.165) is 11.3 Å². The first-order valence-electron chi connectivity index (χ1n) is 8.29. The molecule has 1 aromatic heterocycles. The lowest BCUT2D eigenvalue weighted by Crippen LogP contribution is -2.23. The molecule has 0 saturated heterocycles. The number of aromatic nitrogens is 2. The Morgan fingerprint density at radius 1 is 1.00 bits per heavy atom. The van der Waals surface area contributed by atoms with Crippen molar-refractivity contribution >= 4 is 0 Å². The fourth-order valence-corrected chi connectivity index (χ4v) is 2.57. The standard InChI is InChI=1S/C20H22N2O4/c1-24-17-8-18(25-2)10-19(9-17)26-13-16(23)11-22-12-20(21-14-22)15-6-4-3-5-7-15/h3-10,12,14,16,23H,11,13H2,1-2H3/t16-/m1/s1. The molecule has 1 heterocycles. The predicted octanol–water partition coefficient (Wildman–Crippen LogP) is 3.01. The van der Waals surface area contributed by atoms with E-state index in [0.29, 0.717) is 23.8 Å². The molecule has 1 atom stereocenters. The maximum atomic E-state index is 10.3. The van der Waals surface area contributed by atoms with Gasteiger partial charge in [0.1, 0.15) is 30.0 Å². The molecular weight excluding hydrogens is 332 g/mol. The smallest absolute Gasteiger partial charge is 0.126 e. The van der Waals surface area contributed by atoms with Crippen molar-refractivity contribution in [2.24, 2.45) is 0 Å². The van der Waals surface area contributed by atoms with Crippen molar-refractivity contribution < 1.29 is 19.3 Å². The van der Waals surface area contributed by atoms with E-state index in [1.165, 1.54) is 0 Å². The second-order valence-electron chi connectivity index (χ2n) is 5.83. The lowest BCUT2D eigenvalue weighted by Gasteiger charge is -2.14. The SMILES string of the molecule is COc1cc(OC)cc(OC[C@H](O)Cn2cnc(-c3ccccc3)c2)c1. The first-order chi connectivity index (χ1) is 12.7. The maximum Gasteiger partial charge on any atom is 0.126 e. The number of hydrogen-bond acceptors (Lipinski definition) is 5. The van der Waals surface area contributed by atoms with E-state index in [1.807, 2.05) is 41.1 Å². The van der Waals surface area contributed by atoms with Crippen LogP contribution in [0.4, 0.5) is 0 Å². The normalized spacial score (nSPS) is 11.8. The third kappa shape index (κ3) is 4.55. The number of nitrogens with zero attached hydrogens (tertiary/aromatic N) is 2. The Balaban J connectivity index is 1.58. The van der Waals surface area contributed by atoms with Crippen LogP contribution in [0.3, 0.4) is 0 Å². The second-order valence-corrected chi connectivity index (χ2v) is 5.83. The van der Waals surface area contributed by atoms with E-state index in [-0.39, 0.29) is 6.61 Å². The highest BCUT2D eigenvalue weighted by Gasteiger charge is 2.10. The van der Waals surface area contributed by atoms with Crippen molar-refractivity contribution in [1.29, 1.82) is 0 Å². The van der Waals surface area contributed by atoms with Gasteiger partial charge in [-0.05, 0) is 0 Å². The largest absolute Gasteiger partial charge is 0.496 e. The zero-order chi connectivity index (χ0) is 18.4. The van der Waals surface area contributed by atoms with Gasteiger partial charge >= 0.3 is 0 Å². The Kier molecular flexibility index (Phi) is 5.76. The van der Waals surface area contributed by atoms with E-state index in [4.69, 9.17) is 14.2 Å². The fourth-order valence-electron chi connectivity index (χ4n) is 2.57. The predicted molar refractivity (Wildman–Crippen MR) is 98.7 cm³/mol. The summed E-state index contributed by atoms with van der Waals surface area (Å²) in [6.45, 7) is 0.538. The van der Waals surface area contributed by atoms with Gasteiger partial charge in [-0.1, -0.05) is 30.3 Å². The molecule has 3 aromatic rings. The molecule has 6 nitrogen and oxygen atoms in total. The molecule has 0 bridgehead atoms. The molecule has 0 aliphatic rings. The first-order valence-corrected chi connectivity index (χ1v) is 8.29. The van der Waals surface area contributed by atoms with Gasteiger partial charge in [0.15, 0.2) is 0 Å². The van der Waals surface area contributed by atoms with Gasteiger partial charge in [0.05, 0.1) is 32.8 Å². The zero-order valence-corrected chi connectivity index (χ0v) is 14.8. The first kappa shape index (κ1) is 17.8. The van der Waals surface area contributed by atoms with Crippen LogP contribution in [0, 0.1) is 0 Å². The molecule has 0 spiro atoms. The molecular formula is C20H22N2O4. The minimum Gasteiger partial charge on any atom is -0.496 e. The highest BCUT2D eigenvalue weighted by Crippen LogP contribution is 2.27. The summed E-state index contributed by atoms with van der Waals surface area (Å²) in [7, 11) is 3.16. The van der Waals surface area contributed by atoms with Gasteiger partial charge in [0.25, 0.3) is 0 Å². The van der Waals surface area contributed by atoms with Crippen LogP contribution < -0.4 is 14.2 Å². The van der Waals surface area contributed by atoms with E-state index < -0.39 is 6.10 Å². The van der Waals surface area contributed by atoms with Gasteiger partial charge in [-0.15, -0.1) is 0 Å². The van der Waals surface area contributed by atoms with E-state index in [9.17, 15) is 5.11 Å². The van der Waals surface area contributed by atoms with Gasteiger partial charge in [0, 0.05) is 30.0 Å². The minimum atomic E-state index is -0.676. The third-order valence-electron chi connectivity index (χ3n) is 3.89. The topological polar surface area (TPSA) is 65.7 Å². The van der Waals surface area contributed by atoms with Crippen LogP contribution in [0.25, 0.3) is 11.3 Å². The summed E-state index contributed by atoms with van der Waals surface area (Å²) < 4.78 is 17.9. The highest BCUT2D eigenvalue weighted by atomic mass is 16.5. The molecule has 136 valence electrons. The van der Waals surface area contributed by atoms with Crippen LogP contribution in [0.15, 0.2) is 61.1 Å². The van der Waals surface area contributed by atoms with E-state index in [1.54, 1.807) is 38.7 Å². The van der Waals surface area contributed by atoms with E-state index >= 15 is 0 Å².